The van der Waals surface area contributed by atoms with E-state index in [4.69, 9.17) is 0 Å². The second-order valence-electron chi connectivity index (χ2n) is 5.76. The Bertz CT molecular complexity index is 420. The first-order valence-corrected chi connectivity index (χ1v) is 7.18. The van der Waals surface area contributed by atoms with Crippen molar-refractivity contribution in [3.63, 3.8) is 0 Å². The van der Waals surface area contributed by atoms with Gasteiger partial charge in [0, 0.05) is 31.9 Å². The summed E-state index contributed by atoms with van der Waals surface area (Å²) in [6.45, 7) is 8.94. The van der Waals surface area contributed by atoms with Gasteiger partial charge < -0.3 is 15.3 Å². The lowest BCUT2D eigenvalue weighted by atomic mass is 10.1. The third-order valence-corrected chi connectivity index (χ3v) is 3.52. The van der Waals surface area contributed by atoms with Gasteiger partial charge in [-0.3, -0.25) is 0 Å². The van der Waals surface area contributed by atoms with E-state index in [1.807, 2.05) is 6.20 Å². The molecule has 1 aliphatic heterocycles. The maximum absolute atomic E-state index is 9.75. The molecule has 2 rings (SSSR count). The number of pyridine rings is 1. The Hall–Kier alpha value is -1.13. The van der Waals surface area contributed by atoms with Gasteiger partial charge in [-0.05, 0) is 37.0 Å². The second-order valence-corrected chi connectivity index (χ2v) is 5.76. The molecule has 1 unspecified atom stereocenters. The molecular weight excluding hydrogens is 238 g/mol. The summed E-state index contributed by atoms with van der Waals surface area (Å²) in [5.74, 6) is 1.02. The molecule has 2 N–H and O–H groups in total. The van der Waals surface area contributed by atoms with Crippen LogP contribution in [-0.2, 0) is 6.54 Å². The molecule has 1 atom stereocenters. The second kappa shape index (κ2) is 6.35. The van der Waals surface area contributed by atoms with Gasteiger partial charge in [-0.25, -0.2) is 4.98 Å². The van der Waals surface area contributed by atoms with Gasteiger partial charge in [0.2, 0.25) is 0 Å². The van der Waals surface area contributed by atoms with Crippen LogP contribution in [0.3, 0.4) is 0 Å². The van der Waals surface area contributed by atoms with Crippen molar-refractivity contribution in [2.45, 2.75) is 52.3 Å². The number of β-amino-alcohol motifs (C(OH)–C–C–N with tert-alkyl or cyclic N) is 1. The fraction of sp³-hybridized carbons (Fsp3) is 0.667. The molecule has 4 heteroatoms. The molecule has 106 valence electrons. The van der Waals surface area contributed by atoms with Gasteiger partial charge in [-0.1, -0.05) is 13.8 Å². The normalized spacial score (nSPS) is 20.1. The summed E-state index contributed by atoms with van der Waals surface area (Å²) in [4.78, 5) is 6.79. The quantitative estimate of drug-likeness (QED) is 0.870. The zero-order valence-corrected chi connectivity index (χ0v) is 12.2. The third-order valence-electron chi connectivity index (χ3n) is 3.52. The van der Waals surface area contributed by atoms with Crippen LogP contribution < -0.4 is 10.2 Å². The number of hydrogen-bond acceptors (Lipinski definition) is 4. The van der Waals surface area contributed by atoms with E-state index in [9.17, 15) is 5.11 Å². The van der Waals surface area contributed by atoms with Crippen LogP contribution in [0.25, 0.3) is 0 Å². The molecule has 0 radical (unpaired) electrons. The molecule has 4 nitrogen and oxygen atoms in total. The van der Waals surface area contributed by atoms with Gasteiger partial charge in [-0.2, -0.15) is 0 Å². The van der Waals surface area contributed by atoms with Crippen LogP contribution in [0, 0.1) is 6.92 Å². The van der Waals surface area contributed by atoms with Crippen molar-refractivity contribution in [2.24, 2.45) is 0 Å². The van der Waals surface area contributed by atoms with Gasteiger partial charge >= 0.3 is 0 Å². The summed E-state index contributed by atoms with van der Waals surface area (Å²) in [6, 6.07) is 2.68. The van der Waals surface area contributed by atoms with E-state index in [0.717, 1.165) is 31.7 Å². The van der Waals surface area contributed by atoms with E-state index < -0.39 is 0 Å². The fourth-order valence-corrected chi connectivity index (χ4v) is 2.52. The maximum atomic E-state index is 9.75. The molecule has 0 amide bonds. The molecule has 1 aromatic rings. The zero-order chi connectivity index (χ0) is 13.8. The molecule has 1 saturated heterocycles. The van der Waals surface area contributed by atoms with E-state index in [1.54, 1.807) is 0 Å². The monoisotopic (exact) mass is 263 g/mol. The Morgan fingerprint density at radius 2 is 2.32 bits per heavy atom. The van der Waals surface area contributed by atoms with Crippen LogP contribution >= 0.6 is 0 Å². The van der Waals surface area contributed by atoms with Crippen molar-refractivity contribution >= 4 is 5.82 Å². The summed E-state index contributed by atoms with van der Waals surface area (Å²) in [5, 5.41) is 13.2. The predicted octanol–water partition coefficient (Wildman–Crippen LogP) is 1.85. The molecule has 19 heavy (non-hydrogen) atoms. The summed E-state index contributed by atoms with van der Waals surface area (Å²) in [7, 11) is 0. The highest BCUT2D eigenvalue weighted by atomic mass is 16.3. The molecule has 2 heterocycles. The summed E-state index contributed by atoms with van der Waals surface area (Å²) in [6.07, 6.45) is 3.68. The van der Waals surface area contributed by atoms with Gasteiger partial charge in [0.05, 0.1) is 6.10 Å². The Kier molecular flexibility index (Phi) is 4.77. The van der Waals surface area contributed by atoms with E-state index in [1.165, 1.54) is 11.1 Å². The number of hydrogen-bond donors (Lipinski definition) is 2. The molecular formula is C15H25N3O. The number of piperidine rings is 1. The smallest absolute Gasteiger partial charge is 0.131 e. The van der Waals surface area contributed by atoms with Crippen LogP contribution in [0.15, 0.2) is 12.3 Å². The number of aliphatic hydroxyl groups is 1. The molecule has 0 spiro atoms. The van der Waals surface area contributed by atoms with Crippen molar-refractivity contribution in [3.8, 4) is 0 Å². The van der Waals surface area contributed by atoms with Crippen molar-refractivity contribution in [1.82, 2.24) is 10.3 Å². The highest BCUT2D eigenvalue weighted by Crippen LogP contribution is 2.22. The highest BCUT2D eigenvalue weighted by Gasteiger charge is 2.20. The lowest BCUT2D eigenvalue weighted by molar-refractivity contribution is 0.154. The average molecular weight is 263 g/mol. The number of nitrogens with zero attached hydrogens (tertiary/aromatic N) is 2. The summed E-state index contributed by atoms with van der Waals surface area (Å²) >= 11 is 0. The van der Waals surface area contributed by atoms with Crippen molar-refractivity contribution in [1.29, 1.82) is 0 Å². The number of aryl methyl sites for hydroxylation is 1. The minimum Gasteiger partial charge on any atom is -0.391 e. The number of aromatic nitrogens is 1. The first kappa shape index (κ1) is 14.3. The number of aliphatic hydroxyl groups excluding tert-OH is 1. The van der Waals surface area contributed by atoms with Gasteiger partial charge in [0.1, 0.15) is 5.82 Å². The van der Waals surface area contributed by atoms with Crippen molar-refractivity contribution in [3.05, 3.63) is 23.4 Å². The fourth-order valence-electron chi connectivity index (χ4n) is 2.52. The molecule has 0 saturated carbocycles. The third kappa shape index (κ3) is 3.91. The number of nitrogens with one attached hydrogen (secondary N) is 1. The molecule has 1 aromatic heterocycles. The largest absolute Gasteiger partial charge is 0.391 e. The summed E-state index contributed by atoms with van der Waals surface area (Å²) in [5.41, 5.74) is 2.41. The zero-order valence-electron chi connectivity index (χ0n) is 12.2. The molecule has 0 aromatic carbocycles. The van der Waals surface area contributed by atoms with E-state index in [-0.39, 0.29) is 6.10 Å². The van der Waals surface area contributed by atoms with Gasteiger partial charge in [0.25, 0.3) is 0 Å². The van der Waals surface area contributed by atoms with Crippen LogP contribution in [0.2, 0.25) is 0 Å². The van der Waals surface area contributed by atoms with Crippen LogP contribution in [-0.4, -0.2) is 35.3 Å². The average Bonchev–Trinajstić information content (AvgIpc) is 2.36. The van der Waals surface area contributed by atoms with Crippen LogP contribution in [0.4, 0.5) is 5.82 Å². The Morgan fingerprint density at radius 1 is 1.53 bits per heavy atom. The maximum Gasteiger partial charge on any atom is 0.131 e. The minimum atomic E-state index is -0.211. The van der Waals surface area contributed by atoms with E-state index in [0.29, 0.717) is 12.6 Å². The Morgan fingerprint density at radius 3 is 2.95 bits per heavy atom. The van der Waals surface area contributed by atoms with Crippen LogP contribution in [0.1, 0.15) is 37.8 Å². The number of anilines is 1. The molecule has 0 aliphatic carbocycles. The molecule has 0 bridgehead atoms. The Balaban J connectivity index is 2.06. The topological polar surface area (TPSA) is 48.4 Å². The van der Waals surface area contributed by atoms with Gasteiger partial charge in [0.15, 0.2) is 0 Å². The molecule has 1 aliphatic rings. The van der Waals surface area contributed by atoms with E-state index in [2.05, 4.69) is 42.0 Å². The highest BCUT2D eigenvalue weighted by molar-refractivity contribution is 5.47. The Labute approximate surface area is 115 Å². The van der Waals surface area contributed by atoms with E-state index >= 15 is 0 Å². The summed E-state index contributed by atoms with van der Waals surface area (Å²) < 4.78 is 0. The molecule has 1 fully saturated rings. The lowest BCUT2D eigenvalue weighted by Crippen LogP contribution is -2.39. The van der Waals surface area contributed by atoms with Crippen LogP contribution in [0.5, 0.6) is 0 Å². The first-order chi connectivity index (χ1) is 9.06. The lowest BCUT2D eigenvalue weighted by Gasteiger charge is -2.32. The van der Waals surface area contributed by atoms with Gasteiger partial charge in [-0.15, -0.1) is 0 Å². The predicted molar refractivity (Wildman–Crippen MR) is 78.4 cm³/mol. The number of rotatable bonds is 4. The SMILES string of the molecule is Cc1cc(CNC(C)C)cnc1N1CCCC(O)C1. The minimum absolute atomic E-state index is 0.211. The van der Waals surface area contributed by atoms with Crippen molar-refractivity contribution < 1.29 is 5.11 Å². The van der Waals surface area contributed by atoms with Crippen molar-refractivity contribution in [2.75, 3.05) is 18.0 Å². The standard InChI is InChI=1S/C15H25N3O/c1-11(2)16-8-13-7-12(3)15(17-9-13)18-6-4-5-14(19)10-18/h7,9,11,14,16,19H,4-6,8,10H2,1-3H3. The first-order valence-electron chi connectivity index (χ1n) is 7.18.